The summed E-state index contributed by atoms with van der Waals surface area (Å²) in [5, 5.41) is 3.57. The van der Waals surface area contributed by atoms with Gasteiger partial charge in [0, 0.05) is 12.1 Å². The molecule has 0 radical (unpaired) electrons. The first kappa shape index (κ1) is 10.7. The van der Waals surface area contributed by atoms with E-state index in [1.807, 2.05) is 0 Å². The van der Waals surface area contributed by atoms with Gasteiger partial charge in [-0.3, -0.25) is 0 Å². The molecule has 76 valence electrons. The fourth-order valence-electron chi connectivity index (χ4n) is 1.86. The molecule has 0 bridgehead atoms. The third-order valence-electron chi connectivity index (χ3n) is 2.75. The van der Waals surface area contributed by atoms with Crippen LogP contribution in [0.3, 0.4) is 0 Å². The molecule has 0 unspecified atom stereocenters. The summed E-state index contributed by atoms with van der Waals surface area (Å²) in [6, 6.07) is 1.19. The van der Waals surface area contributed by atoms with E-state index in [4.69, 9.17) is 5.73 Å². The fourth-order valence-corrected chi connectivity index (χ4v) is 1.86. The second-order valence-corrected chi connectivity index (χ2v) is 3.92. The Morgan fingerprint density at radius 3 is 2.62 bits per heavy atom. The monoisotopic (exact) mass is 182 g/mol. The Morgan fingerprint density at radius 2 is 2.00 bits per heavy atom. The van der Waals surface area contributed by atoms with Gasteiger partial charge in [-0.25, -0.2) is 0 Å². The minimum atomic E-state index is 0.466. The maximum absolute atomic E-state index is 5.83. The Balaban J connectivity index is 2.02. The van der Waals surface area contributed by atoms with Crippen LogP contribution < -0.4 is 11.1 Å². The lowest BCUT2D eigenvalue weighted by Crippen LogP contribution is -2.37. The van der Waals surface area contributed by atoms with E-state index in [0.717, 1.165) is 19.0 Å². The van der Waals surface area contributed by atoms with Crippen LogP contribution in [0.1, 0.15) is 39.0 Å². The zero-order chi connectivity index (χ0) is 9.52. The summed E-state index contributed by atoms with van der Waals surface area (Å²) < 4.78 is 0. The highest BCUT2D eigenvalue weighted by atomic mass is 14.9. The van der Waals surface area contributed by atoms with Gasteiger partial charge in [-0.1, -0.05) is 12.2 Å². The molecule has 0 saturated heterocycles. The number of allylic oxidation sites excluding steroid dienone is 1. The standard InChI is InChI=1S/C11H22N2/c1-2-3-4-9-13-11-7-5-10(12)6-8-11/h2-3,10-11,13H,4-9,12H2,1H3/b3-2+. The maximum Gasteiger partial charge on any atom is 0.00683 e. The molecule has 0 aromatic rings. The normalized spacial score (nSPS) is 29.7. The molecular weight excluding hydrogens is 160 g/mol. The Kier molecular flexibility index (Phi) is 5.09. The van der Waals surface area contributed by atoms with Gasteiger partial charge in [0.05, 0.1) is 0 Å². The van der Waals surface area contributed by atoms with E-state index in [-0.39, 0.29) is 0 Å². The largest absolute Gasteiger partial charge is 0.328 e. The molecule has 3 N–H and O–H groups in total. The highest BCUT2D eigenvalue weighted by molar-refractivity contribution is 4.81. The van der Waals surface area contributed by atoms with E-state index >= 15 is 0 Å². The van der Waals surface area contributed by atoms with Crippen molar-refractivity contribution in [2.24, 2.45) is 5.73 Å². The van der Waals surface area contributed by atoms with Crippen molar-refractivity contribution in [2.75, 3.05) is 6.54 Å². The molecule has 1 saturated carbocycles. The highest BCUT2D eigenvalue weighted by Crippen LogP contribution is 2.16. The van der Waals surface area contributed by atoms with Crippen molar-refractivity contribution in [3.05, 3.63) is 12.2 Å². The molecule has 13 heavy (non-hydrogen) atoms. The molecular formula is C11H22N2. The summed E-state index contributed by atoms with van der Waals surface area (Å²) in [5.74, 6) is 0. The van der Waals surface area contributed by atoms with E-state index in [1.165, 1.54) is 25.7 Å². The van der Waals surface area contributed by atoms with Crippen LogP contribution >= 0.6 is 0 Å². The van der Waals surface area contributed by atoms with Crippen molar-refractivity contribution in [3.63, 3.8) is 0 Å². The molecule has 1 rings (SSSR count). The Morgan fingerprint density at radius 1 is 1.31 bits per heavy atom. The highest BCUT2D eigenvalue weighted by Gasteiger charge is 2.16. The van der Waals surface area contributed by atoms with Crippen molar-refractivity contribution in [1.29, 1.82) is 0 Å². The average Bonchev–Trinajstić information content (AvgIpc) is 2.15. The molecule has 1 fully saturated rings. The number of nitrogens with one attached hydrogen (secondary N) is 1. The van der Waals surface area contributed by atoms with Gasteiger partial charge in [0.2, 0.25) is 0 Å². The number of hydrogen-bond donors (Lipinski definition) is 2. The van der Waals surface area contributed by atoms with Gasteiger partial charge in [0.15, 0.2) is 0 Å². The molecule has 1 aliphatic rings. The summed E-state index contributed by atoms with van der Waals surface area (Å²) in [6.45, 7) is 3.18. The predicted molar refractivity (Wildman–Crippen MR) is 57.7 cm³/mol. The Labute approximate surface area is 81.6 Å². The molecule has 0 aliphatic heterocycles. The third kappa shape index (κ3) is 4.44. The van der Waals surface area contributed by atoms with Gasteiger partial charge in [-0.15, -0.1) is 0 Å². The Hall–Kier alpha value is -0.340. The van der Waals surface area contributed by atoms with E-state index in [9.17, 15) is 0 Å². The van der Waals surface area contributed by atoms with Crippen molar-refractivity contribution >= 4 is 0 Å². The zero-order valence-electron chi connectivity index (χ0n) is 8.63. The van der Waals surface area contributed by atoms with E-state index in [1.54, 1.807) is 0 Å². The maximum atomic E-state index is 5.83. The lowest BCUT2D eigenvalue weighted by atomic mass is 9.92. The topological polar surface area (TPSA) is 38.0 Å². The van der Waals surface area contributed by atoms with Gasteiger partial charge in [0.1, 0.15) is 0 Å². The van der Waals surface area contributed by atoms with Gasteiger partial charge >= 0.3 is 0 Å². The van der Waals surface area contributed by atoms with Gasteiger partial charge in [0.25, 0.3) is 0 Å². The van der Waals surface area contributed by atoms with E-state index in [0.29, 0.717) is 6.04 Å². The molecule has 0 aromatic carbocycles. The first-order chi connectivity index (χ1) is 6.33. The van der Waals surface area contributed by atoms with Crippen LogP contribution in [0, 0.1) is 0 Å². The molecule has 0 spiro atoms. The number of hydrogen-bond acceptors (Lipinski definition) is 2. The van der Waals surface area contributed by atoms with Gasteiger partial charge in [-0.05, 0) is 45.6 Å². The van der Waals surface area contributed by atoms with Crippen LogP contribution in [0.15, 0.2) is 12.2 Å². The smallest absolute Gasteiger partial charge is 0.00683 e. The molecule has 1 aliphatic carbocycles. The molecule has 0 aromatic heterocycles. The van der Waals surface area contributed by atoms with Gasteiger partial charge < -0.3 is 11.1 Å². The fraction of sp³-hybridized carbons (Fsp3) is 0.818. The summed E-state index contributed by atoms with van der Waals surface area (Å²) in [7, 11) is 0. The Bertz CT molecular complexity index is 146. The minimum Gasteiger partial charge on any atom is -0.328 e. The molecule has 0 heterocycles. The summed E-state index contributed by atoms with van der Waals surface area (Å²) in [6.07, 6.45) is 10.4. The summed E-state index contributed by atoms with van der Waals surface area (Å²) in [5.41, 5.74) is 5.83. The number of rotatable bonds is 4. The minimum absolute atomic E-state index is 0.466. The van der Waals surface area contributed by atoms with Gasteiger partial charge in [-0.2, -0.15) is 0 Å². The summed E-state index contributed by atoms with van der Waals surface area (Å²) in [4.78, 5) is 0. The first-order valence-electron chi connectivity index (χ1n) is 5.43. The van der Waals surface area contributed by atoms with Crippen molar-refractivity contribution in [3.8, 4) is 0 Å². The SMILES string of the molecule is C/C=C/CCNC1CCC(N)CC1. The van der Waals surface area contributed by atoms with Crippen LogP contribution in [0.2, 0.25) is 0 Å². The van der Waals surface area contributed by atoms with Crippen LogP contribution in [0.5, 0.6) is 0 Å². The van der Waals surface area contributed by atoms with Crippen LogP contribution in [-0.2, 0) is 0 Å². The number of nitrogens with two attached hydrogens (primary N) is 1. The predicted octanol–water partition coefficient (Wildman–Crippen LogP) is 1.81. The lowest BCUT2D eigenvalue weighted by Gasteiger charge is -2.26. The van der Waals surface area contributed by atoms with Crippen LogP contribution in [-0.4, -0.2) is 18.6 Å². The second kappa shape index (κ2) is 6.17. The van der Waals surface area contributed by atoms with Crippen LogP contribution in [0.4, 0.5) is 0 Å². The molecule has 2 nitrogen and oxygen atoms in total. The van der Waals surface area contributed by atoms with Crippen molar-refractivity contribution < 1.29 is 0 Å². The first-order valence-corrected chi connectivity index (χ1v) is 5.43. The zero-order valence-corrected chi connectivity index (χ0v) is 8.63. The lowest BCUT2D eigenvalue weighted by molar-refractivity contribution is 0.345. The molecule has 0 amide bonds. The van der Waals surface area contributed by atoms with Crippen molar-refractivity contribution in [1.82, 2.24) is 5.32 Å². The van der Waals surface area contributed by atoms with Crippen molar-refractivity contribution in [2.45, 2.75) is 51.1 Å². The quantitative estimate of drug-likeness (QED) is 0.514. The molecule has 0 atom stereocenters. The third-order valence-corrected chi connectivity index (χ3v) is 2.75. The van der Waals surface area contributed by atoms with Crippen LogP contribution in [0.25, 0.3) is 0 Å². The van der Waals surface area contributed by atoms with E-state index in [2.05, 4.69) is 24.4 Å². The molecule has 2 heteroatoms. The second-order valence-electron chi connectivity index (χ2n) is 3.92. The average molecular weight is 182 g/mol. The van der Waals surface area contributed by atoms with E-state index < -0.39 is 0 Å². The summed E-state index contributed by atoms with van der Waals surface area (Å²) >= 11 is 0.